The van der Waals surface area contributed by atoms with Crippen LogP contribution in [0.3, 0.4) is 0 Å². The quantitative estimate of drug-likeness (QED) is 0.680. The van der Waals surface area contributed by atoms with E-state index in [2.05, 4.69) is 9.72 Å². The van der Waals surface area contributed by atoms with Gasteiger partial charge in [-0.2, -0.15) is 0 Å². The molecule has 1 heterocycles. The maximum absolute atomic E-state index is 11.4. The van der Waals surface area contributed by atoms with Gasteiger partial charge in [0.05, 0.1) is 25.5 Å². The zero-order valence-electron chi connectivity index (χ0n) is 11.1. The van der Waals surface area contributed by atoms with Crippen molar-refractivity contribution >= 4 is 11.7 Å². The smallest absolute Gasteiger partial charge is 0.338 e. The summed E-state index contributed by atoms with van der Waals surface area (Å²) in [6.07, 6.45) is 1.46. The summed E-state index contributed by atoms with van der Waals surface area (Å²) in [6.45, 7) is 0. The van der Waals surface area contributed by atoms with E-state index in [9.17, 15) is 4.79 Å². The lowest BCUT2D eigenvalue weighted by molar-refractivity contribution is 0.0600. The summed E-state index contributed by atoms with van der Waals surface area (Å²) >= 11 is 0. The van der Waals surface area contributed by atoms with E-state index in [1.54, 1.807) is 25.3 Å². The second kappa shape index (κ2) is 5.92. The van der Waals surface area contributed by atoms with Crippen molar-refractivity contribution in [1.82, 2.24) is 4.98 Å². The van der Waals surface area contributed by atoms with E-state index < -0.39 is 5.97 Å². The Morgan fingerprint density at radius 3 is 2.70 bits per heavy atom. The first-order chi connectivity index (χ1) is 9.63. The first-order valence-corrected chi connectivity index (χ1v) is 5.79. The van der Waals surface area contributed by atoms with Crippen LogP contribution in [0.2, 0.25) is 0 Å². The molecule has 0 radical (unpaired) electrons. The van der Waals surface area contributed by atoms with Crippen molar-refractivity contribution in [2.75, 3.05) is 20.0 Å². The Labute approximate surface area is 116 Å². The third kappa shape index (κ3) is 2.97. The standard InChI is InChI=1S/C14H14N2O4/c1-18-10-3-4-11(15)12(8-10)20-13-7-9(5-6-16-13)14(17)19-2/h3-8H,15H2,1-2H3. The number of anilines is 1. The van der Waals surface area contributed by atoms with Gasteiger partial charge in [0.15, 0.2) is 5.75 Å². The molecular formula is C14H14N2O4. The van der Waals surface area contributed by atoms with Crippen molar-refractivity contribution in [3.05, 3.63) is 42.1 Å². The summed E-state index contributed by atoms with van der Waals surface area (Å²) in [5.74, 6) is 0.793. The van der Waals surface area contributed by atoms with Gasteiger partial charge >= 0.3 is 5.97 Å². The van der Waals surface area contributed by atoms with E-state index in [-0.39, 0.29) is 5.88 Å². The van der Waals surface area contributed by atoms with Crippen LogP contribution in [-0.4, -0.2) is 25.2 Å². The lowest BCUT2D eigenvalue weighted by Gasteiger charge is -2.09. The zero-order chi connectivity index (χ0) is 14.5. The Kier molecular flexibility index (Phi) is 4.05. The van der Waals surface area contributed by atoms with E-state index >= 15 is 0 Å². The molecule has 1 aromatic heterocycles. The van der Waals surface area contributed by atoms with Crippen LogP contribution in [0.1, 0.15) is 10.4 Å². The van der Waals surface area contributed by atoms with Crippen molar-refractivity contribution in [3.63, 3.8) is 0 Å². The van der Waals surface area contributed by atoms with Crippen LogP contribution in [0, 0.1) is 0 Å². The van der Waals surface area contributed by atoms with Crippen molar-refractivity contribution in [2.24, 2.45) is 0 Å². The van der Waals surface area contributed by atoms with Gasteiger partial charge in [0.25, 0.3) is 0 Å². The number of benzene rings is 1. The molecule has 6 heteroatoms. The second-order valence-electron chi connectivity index (χ2n) is 3.88. The predicted octanol–water partition coefficient (Wildman–Crippen LogP) is 2.25. The maximum atomic E-state index is 11.4. The molecule has 104 valence electrons. The zero-order valence-corrected chi connectivity index (χ0v) is 11.1. The fraction of sp³-hybridized carbons (Fsp3) is 0.143. The molecule has 0 bridgehead atoms. The maximum Gasteiger partial charge on any atom is 0.338 e. The molecular weight excluding hydrogens is 260 g/mol. The number of aromatic nitrogens is 1. The molecule has 2 N–H and O–H groups in total. The molecule has 2 rings (SSSR count). The molecule has 0 aliphatic carbocycles. The van der Waals surface area contributed by atoms with E-state index in [4.69, 9.17) is 15.2 Å². The molecule has 6 nitrogen and oxygen atoms in total. The Morgan fingerprint density at radius 2 is 2.00 bits per heavy atom. The van der Waals surface area contributed by atoms with Gasteiger partial charge in [-0.15, -0.1) is 0 Å². The Morgan fingerprint density at radius 1 is 1.20 bits per heavy atom. The molecule has 0 unspecified atom stereocenters. The van der Waals surface area contributed by atoms with E-state index in [1.807, 2.05) is 0 Å². The summed E-state index contributed by atoms with van der Waals surface area (Å²) in [5.41, 5.74) is 6.60. The SMILES string of the molecule is COC(=O)c1ccnc(Oc2cc(OC)ccc2N)c1. The lowest BCUT2D eigenvalue weighted by Crippen LogP contribution is -2.02. The fourth-order valence-corrected chi connectivity index (χ4v) is 1.55. The molecule has 2 aromatic rings. The number of carbonyl (C=O) groups is 1. The van der Waals surface area contributed by atoms with Gasteiger partial charge in [0.1, 0.15) is 5.75 Å². The van der Waals surface area contributed by atoms with Gasteiger partial charge in [-0.3, -0.25) is 0 Å². The van der Waals surface area contributed by atoms with Gasteiger partial charge in [0, 0.05) is 18.3 Å². The number of rotatable bonds is 4. The van der Waals surface area contributed by atoms with E-state index in [0.29, 0.717) is 22.7 Å². The molecule has 20 heavy (non-hydrogen) atoms. The van der Waals surface area contributed by atoms with Gasteiger partial charge < -0.3 is 19.9 Å². The van der Waals surface area contributed by atoms with Gasteiger partial charge in [-0.25, -0.2) is 9.78 Å². The lowest BCUT2D eigenvalue weighted by atomic mass is 10.2. The average molecular weight is 274 g/mol. The highest BCUT2D eigenvalue weighted by Gasteiger charge is 2.09. The highest BCUT2D eigenvalue weighted by molar-refractivity contribution is 5.89. The number of hydrogen-bond acceptors (Lipinski definition) is 6. The summed E-state index contributed by atoms with van der Waals surface area (Å²) in [5, 5.41) is 0. The van der Waals surface area contributed by atoms with Crippen LogP contribution in [0.5, 0.6) is 17.4 Å². The van der Waals surface area contributed by atoms with Gasteiger partial charge in [-0.1, -0.05) is 0 Å². The highest BCUT2D eigenvalue weighted by Crippen LogP contribution is 2.30. The summed E-state index contributed by atoms with van der Waals surface area (Å²) in [6, 6.07) is 8.04. The van der Waals surface area contributed by atoms with Crippen LogP contribution < -0.4 is 15.2 Å². The van der Waals surface area contributed by atoms with Crippen molar-refractivity contribution in [1.29, 1.82) is 0 Å². The number of ether oxygens (including phenoxy) is 3. The fourth-order valence-electron chi connectivity index (χ4n) is 1.55. The molecule has 1 aromatic carbocycles. The van der Waals surface area contributed by atoms with Crippen LogP contribution in [0.15, 0.2) is 36.5 Å². The van der Waals surface area contributed by atoms with Crippen molar-refractivity contribution in [2.45, 2.75) is 0 Å². The molecule has 0 saturated heterocycles. The van der Waals surface area contributed by atoms with Gasteiger partial charge in [-0.05, 0) is 18.2 Å². The number of carbonyl (C=O) groups excluding carboxylic acids is 1. The molecule has 0 aliphatic heterocycles. The minimum atomic E-state index is -0.462. The minimum Gasteiger partial charge on any atom is -0.497 e. The molecule has 0 fully saturated rings. The van der Waals surface area contributed by atoms with E-state index in [1.165, 1.54) is 25.4 Å². The number of nitrogen functional groups attached to an aromatic ring is 1. The summed E-state index contributed by atoms with van der Waals surface area (Å²) < 4.78 is 15.3. The Balaban J connectivity index is 2.28. The Bertz CT molecular complexity index is 628. The normalized spacial score (nSPS) is 9.90. The molecule has 0 amide bonds. The number of methoxy groups -OCH3 is 2. The number of pyridine rings is 1. The summed E-state index contributed by atoms with van der Waals surface area (Å²) in [4.78, 5) is 15.5. The minimum absolute atomic E-state index is 0.243. The molecule has 0 spiro atoms. The topological polar surface area (TPSA) is 83.7 Å². The number of nitrogens with two attached hydrogens (primary N) is 1. The number of hydrogen-bond donors (Lipinski definition) is 1. The van der Waals surface area contributed by atoms with Crippen molar-refractivity contribution < 1.29 is 19.0 Å². The third-order valence-electron chi connectivity index (χ3n) is 2.59. The summed E-state index contributed by atoms with van der Waals surface area (Å²) in [7, 11) is 2.86. The third-order valence-corrected chi connectivity index (χ3v) is 2.59. The average Bonchev–Trinajstić information content (AvgIpc) is 2.49. The first kappa shape index (κ1) is 13.7. The number of esters is 1. The van der Waals surface area contributed by atoms with Gasteiger partial charge in [0.2, 0.25) is 5.88 Å². The number of nitrogens with zero attached hydrogens (tertiary/aromatic N) is 1. The second-order valence-corrected chi connectivity index (χ2v) is 3.88. The highest BCUT2D eigenvalue weighted by atomic mass is 16.5. The monoisotopic (exact) mass is 274 g/mol. The first-order valence-electron chi connectivity index (χ1n) is 5.79. The molecule has 0 saturated carbocycles. The van der Waals surface area contributed by atoms with Crippen LogP contribution in [-0.2, 0) is 4.74 Å². The van der Waals surface area contributed by atoms with Crippen LogP contribution in [0.4, 0.5) is 5.69 Å². The van der Waals surface area contributed by atoms with Crippen molar-refractivity contribution in [3.8, 4) is 17.4 Å². The van der Waals surface area contributed by atoms with E-state index in [0.717, 1.165) is 0 Å². The Hall–Kier alpha value is -2.76. The van der Waals surface area contributed by atoms with Crippen LogP contribution >= 0.6 is 0 Å². The largest absolute Gasteiger partial charge is 0.497 e. The molecule has 0 aliphatic rings. The predicted molar refractivity (Wildman–Crippen MR) is 73.1 cm³/mol. The molecule has 0 atom stereocenters. The van der Waals surface area contributed by atoms with Crippen LogP contribution in [0.25, 0.3) is 0 Å².